The summed E-state index contributed by atoms with van der Waals surface area (Å²) in [6.45, 7) is 13.9. The van der Waals surface area contributed by atoms with Crippen molar-refractivity contribution in [3.8, 4) is 11.5 Å². The van der Waals surface area contributed by atoms with Gasteiger partial charge in [-0.2, -0.15) is 0 Å². The maximum atomic E-state index is 5.84. The van der Waals surface area contributed by atoms with E-state index in [9.17, 15) is 0 Å². The summed E-state index contributed by atoms with van der Waals surface area (Å²) in [6, 6.07) is 17.2. The summed E-state index contributed by atoms with van der Waals surface area (Å²) in [5.41, 5.74) is 2.95. The van der Waals surface area contributed by atoms with E-state index in [0.29, 0.717) is 19.1 Å². The van der Waals surface area contributed by atoms with Crippen molar-refractivity contribution in [2.45, 2.75) is 91.6 Å². The zero-order chi connectivity index (χ0) is 24.6. The predicted octanol–water partition coefficient (Wildman–Crippen LogP) is 7.54. The monoisotopic (exact) mass is 468 g/mol. The quantitative estimate of drug-likeness (QED) is 0.302. The number of benzene rings is 2. The van der Waals surface area contributed by atoms with Gasteiger partial charge in [0.05, 0.1) is 0 Å². The summed E-state index contributed by atoms with van der Waals surface area (Å²) in [4.78, 5) is 0. The lowest BCUT2D eigenvalue weighted by Gasteiger charge is -2.40. The minimum absolute atomic E-state index is 0.158. The molecule has 0 aromatic heterocycles. The summed E-state index contributed by atoms with van der Waals surface area (Å²) in [7, 11) is 0. The van der Waals surface area contributed by atoms with Gasteiger partial charge in [0.25, 0.3) is 0 Å². The number of hydrogen-bond acceptors (Lipinski definition) is 4. The molecule has 1 fully saturated rings. The topological polar surface area (TPSA) is 36.9 Å². The second-order valence-corrected chi connectivity index (χ2v) is 10.1. The van der Waals surface area contributed by atoms with E-state index in [0.717, 1.165) is 23.8 Å². The first kappa shape index (κ1) is 26.6. The van der Waals surface area contributed by atoms with E-state index in [4.69, 9.17) is 18.9 Å². The zero-order valence-electron chi connectivity index (χ0n) is 22.0. The van der Waals surface area contributed by atoms with Gasteiger partial charge in [-0.05, 0) is 112 Å². The highest BCUT2D eigenvalue weighted by atomic mass is 16.7. The Hall–Kier alpha value is -2.04. The molecule has 2 atom stereocenters. The first-order valence-electron chi connectivity index (χ1n) is 13.1. The van der Waals surface area contributed by atoms with Gasteiger partial charge in [0.2, 0.25) is 0 Å². The molecule has 0 spiro atoms. The molecule has 3 rings (SSSR count). The Bertz CT molecular complexity index is 835. The fraction of sp³-hybridized carbons (Fsp3) is 0.600. The maximum Gasteiger partial charge on any atom is 0.196 e. The number of ether oxygens (including phenoxy) is 4. The molecular weight excluding hydrogens is 424 g/mol. The van der Waals surface area contributed by atoms with Gasteiger partial charge in [0.15, 0.2) is 12.6 Å². The summed E-state index contributed by atoms with van der Waals surface area (Å²) in [5.74, 6) is 3.21. The first-order chi connectivity index (χ1) is 16.3. The fourth-order valence-corrected chi connectivity index (χ4v) is 5.25. The van der Waals surface area contributed by atoms with E-state index < -0.39 is 0 Å². The SMILES string of the molecule is CCOC(C)Oc1ccc(CC2CCC(C(C)(C)c3ccc(OC(C)OCC)cc3)CC2)cc1. The van der Waals surface area contributed by atoms with E-state index in [1.54, 1.807) is 0 Å². The van der Waals surface area contributed by atoms with Gasteiger partial charge in [-0.3, -0.25) is 0 Å². The lowest BCUT2D eigenvalue weighted by molar-refractivity contribution is -0.0616. The van der Waals surface area contributed by atoms with Crippen molar-refractivity contribution in [2.24, 2.45) is 11.8 Å². The van der Waals surface area contributed by atoms with Crippen LogP contribution in [0.2, 0.25) is 0 Å². The van der Waals surface area contributed by atoms with Crippen molar-refractivity contribution < 1.29 is 18.9 Å². The van der Waals surface area contributed by atoms with Crippen LogP contribution < -0.4 is 9.47 Å². The van der Waals surface area contributed by atoms with Crippen molar-refractivity contribution in [2.75, 3.05) is 13.2 Å². The summed E-state index contributed by atoms with van der Waals surface area (Å²) < 4.78 is 22.6. The predicted molar refractivity (Wildman–Crippen MR) is 138 cm³/mol. The highest BCUT2D eigenvalue weighted by Gasteiger charge is 2.34. The molecule has 188 valence electrons. The highest BCUT2D eigenvalue weighted by molar-refractivity contribution is 5.32. The van der Waals surface area contributed by atoms with Gasteiger partial charge < -0.3 is 18.9 Å². The molecule has 0 saturated heterocycles. The van der Waals surface area contributed by atoms with Crippen molar-refractivity contribution in [3.05, 3.63) is 59.7 Å². The average molecular weight is 469 g/mol. The molecule has 34 heavy (non-hydrogen) atoms. The maximum absolute atomic E-state index is 5.84. The Balaban J connectivity index is 1.49. The Morgan fingerprint density at radius 3 is 1.68 bits per heavy atom. The van der Waals surface area contributed by atoms with Gasteiger partial charge >= 0.3 is 0 Å². The molecule has 4 heteroatoms. The van der Waals surface area contributed by atoms with Crippen molar-refractivity contribution in [1.82, 2.24) is 0 Å². The molecule has 2 aromatic rings. The molecule has 0 heterocycles. The summed E-state index contributed by atoms with van der Waals surface area (Å²) in [6.07, 6.45) is 5.87. The van der Waals surface area contributed by atoms with Crippen LogP contribution in [-0.4, -0.2) is 25.8 Å². The van der Waals surface area contributed by atoms with Crippen LogP contribution in [0.4, 0.5) is 0 Å². The molecule has 0 radical (unpaired) electrons. The molecule has 1 aliphatic rings. The molecule has 1 saturated carbocycles. The fourth-order valence-electron chi connectivity index (χ4n) is 5.25. The van der Waals surface area contributed by atoms with Crippen LogP contribution in [0.1, 0.15) is 78.4 Å². The molecule has 0 aliphatic heterocycles. The van der Waals surface area contributed by atoms with Crippen LogP contribution in [-0.2, 0) is 21.3 Å². The van der Waals surface area contributed by atoms with Crippen LogP contribution in [0.15, 0.2) is 48.5 Å². The van der Waals surface area contributed by atoms with E-state index >= 15 is 0 Å². The van der Waals surface area contributed by atoms with Crippen LogP contribution in [0.25, 0.3) is 0 Å². The molecule has 2 unspecified atom stereocenters. The number of hydrogen-bond donors (Lipinski definition) is 0. The summed E-state index contributed by atoms with van der Waals surface area (Å²) >= 11 is 0. The minimum Gasteiger partial charge on any atom is -0.465 e. The van der Waals surface area contributed by atoms with Crippen LogP contribution in [0.5, 0.6) is 11.5 Å². The Labute approximate surface area is 207 Å². The standard InChI is InChI=1S/C30H44O4/c1-7-31-22(3)33-28-17-11-25(12-18-28)21-24-9-13-26(14-10-24)30(5,6)27-15-19-29(20-16-27)34-23(4)32-8-2/h11-12,15-20,22-24,26H,7-10,13-14,21H2,1-6H3. The van der Waals surface area contributed by atoms with Gasteiger partial charge in [-0.25, -0.2) is 0 Å². The molecule has 0 N–H and O–H groups in total. The second-order valence-electron chi connectivity index (χ2n) is 10.1. The largest absolute Gasteiger partial charge is 0.465 e. The number of rotatable bonds is 12. The van der Waals surface area contributed by atoms with Crippen LogP contribution in [0, 0.1) is 11.8 Å². The smallest absolute Gasteiger partial charge is 0.196 e. The van der Waals surface area contributed by atoms with Gasteiger partial charge in [0, 0.05) is 13.2 Å². The van der Waals surface area contributed by atoms with E-state index in [-0.39, 0.29) is 18.0 Å². The highest BCUT2D eigenvalue weighted by Crippen LogP contribution is 2.43. The lowest BCUT2D eigenvalue weighted by atomic mass is 9.65. The molecule has 4 nitrogen and oxygen atoms in total. The van der Waals surface area contributed by atoms with Gasteiger partial charge in [-0.15, -0.1) is 0 Å². The van der Waals surface area contributed by atoms with Crippen molar-refractivity contribution in [3.63, 3.8) is 0 Å². The van der Waals surface area contributed by atoms with Crippen LogP contribution >= 0.6 is 0 Å². The van der Waals surface area contributed by atoms with Gasteiger partial charge in [-0.1, -0.05) is 38.1 Å². The Morgan fingerprint density at radius 1 is 0.735 bits per heavy atom. The van der Waals surface area contributed by atoms with E-state index in [2.05, 4.69) is 62.4 Å². The average Bonchev–Trinajstić information content (AvgIpc) is 2.81. The summed E-state index contributed by atoms with van der Waals surface area (Å²) in [5, 5.41) is 0. The molecule has 0 bridgehead atoms. The minimum atomic E-state index is -0.221. The lowest BCUT2D eigenvalue weighted by Crippen LogP contribution is -2.32. The second kappa shape index (κ2) is 12.6. The third-order valence-corrected chi connectivity index (χ3v) is 7.32. The van der Waals surface area contributed by atoms with Crippen molar-refractivity contribution in [1.29, 1.82) is 0 Å². The van der Waals surface area contributed by atoms with Gasteiger partial charge in [0.1, 0.15) is 11.5 Å². The molecule has 0 amide bonds. The van der Waals surface area contributed by atoms with Crippen molar-refractivity contribution >= 4 is 0 Å². The molecular formula is C30H44O4. The Morgan fingerprint density at radius 2 is 1.21 bits per heavy atom. The van der Waals surface area contributed by atoms with E-state index in [1.807, 2.05) is 27.7 Å². The molecule has 1 aliphatic carbocycles. The normalized spacial score (nSPS) is 20.5. The Kier molecular flexibility index (Phi) is 9.85. The third-order valence-electron chi connectivity index (χ3n) is 7.32. The van der Waals surface area contributed by atoms with Crippen LogP contribution in [0.3, 0.4) is 0 Å². The molecule has 2 aromatic carbocycles. The third kappa shape index (κ3) is 7.48. The first-order valence-corrected chi connectivity index (χ1v) is 13.1. The van der Waals surface area contributed by atoms with E-state index in [1.165, 1.54) is 36.8 Å². The zero-order valence-corrected chi connectivity index (χ0v) is 22.0.